The van der Waals surface area contributed by atoms with E-state index >= 15 is 0 Å². The van der Waals surface area contributed by atoms with Gasteiger partial charge in [-0.05, 0) is 47.6 Å². The molecule has 0 aromatic heterocycles. The molecule has 1 aromatic carbocycles. The highest BCUT2D eigenvalue weighted by Crippen LogP contribution is 2.30. The van der Waals surface area contributed by atoms with Crippen molar-refractivity contribution in [1.29, 1.82) is 0 Å². The van der Waals surface area contributed by atoms with Crippen molar-refractivity contribution in [2.45, 2.75) is 38.6 Å². The number of ether oxygens (including phenoxy) is 2. The van der Waals surface area contributed by atoms with Crippen LogP contribution in [0.15, 0.2) is 6.07 Å². The van der Waals surface area contributed by atoms with Gasteiger partial charge in [0.1, 0.15) is 5.54 Å². The zero-order chi connectivity index (χ0) is 19.9. The molecule has 1 unspecified atom stereocenters. The molecule has 0 aliphatic rings. The lowest BCUT2D eigenvalue weighted by atomic mass is 9.91. The lowest BCUT2D eigenvalue weighted by Gasteiger charge is -2.29. The van der Waals surface area contributed by atoms with Crippen molar-refractivity contribution in [3.63, 3.8) is 0 Å². The third-order valence-corrected chi connectivity index (χ3v) is 4.56. The number of halogens is 3. The number of methoxy groups -OCH3 is 1. The quantitative estimate of drug-likeness (QED) is 0.338. The Balaban J connectivity index is 3.14. The summed E-state index contributed by atoms with van der Waals surface area (Å²) in [7, 11) is 2.55. The van der Waals surface area contributed by atoms with Crippen molar-refractivity contribution < 1.29 is 27.8 Å². The molecule has 2 amide bonds. The highest BCUT2D eigenvalue weighted by molar-refractivity contribution is 14.1. The van der Waals surface area contributed by atoms with Crippen molar-refractivity contribution >= 4 is 34.6 Å². The molecule has 1 aromatic rings. The minimum Gasteiger partial charge on any atom is -0.491 e. The van der Waals surface area contributed by atoms with Gasteiger partial charge in [-0.15, -0.1) is 0 Å². The molecule has 0 fully saturated rings. The van der Waals surface area contributed by atoms with E-state index in [0.29, 0.717) is 6.42 Å². The number of hydrogen-bond donors (Lipinski definition) is 2. The lowest BCUT2D eigenvalue weighted by molar-refractivity contribution is -0.126. The number of unbranched alkanes of at least 4 members (excludes halogenated alkanes) is 1. The fourth-order valence-electron chi connectivity index (χ4n) is 2.35. The number of carbonyl (C=O) groups is 2. The average molecular weight is 484 g/mol. The van der Waals surface area contributed by atoms with Crippen molar-refractivity contribution in [3.05, 3.63) is 26.8 Å². The zero-order valence-electron chi connectivity index (χ0n) is 15.2. The molecule has 0 radical (unpaired) electrons. The molecule has 1 atom stereocenters. The lowest BCUT2D eigenvalue weighted by Crippen LogP contribution is -2.57. The summed E-state index contributed by atoms with van der Waals surface area (Å²) in [5.41, 5.74) is -1.46. The number of rotatable bonds is 8. The van der Waals surface area contributed by atoms with E-state index < -0.39 is 34.9 Å². The number of benzene rings is 1. The third kappa shape index (κ3) is 5.42. The topological polar surface area (TPSA) is 76.7 Å². The summed E-state index contributed by atoms with van der Waals surface area (Å²) in [6.45, 7) is 3.60. The van der Waals surface area contributed by atoms with Crippen LogP contribution < -0.4 is 15.4 Å². The molecule has 0 heterocycles. The minimum absolute atomic E-state index is 0.0348. The molecule has 146 valence electrons. The van der Waals surface area contributed by atoms with E-state index in [1.54, 1.807) is 22.6 Å². The number of nitrogens with one attached hydrogen (secondary N) is 2. The Morgan fingerprint density at radius 3 is 2.50 bits per heavy atom. The van der Waals surface area contributed by atoms with Crippen LogP contribution in [-0.4, -0.2) is 38.3 Å². The fraction of sp³-hybridized carbons (Fsp3) is 0.529. The molecular weight excluding hydrogens is 461 g/mol. The minimum atomic E-state index is -1.50. The summed E-state index contributed by atoms with van der Waals surface area (Å²) >= 11 is 1.71. The smallest absolute Gasteiger partial charge is 0.407 e. The van der Waals surface area contributed by atoms with Gasteiger partial charge in [-0.1, -0.05) is 13.3 Å². The van der Waals surface area contributed by atoms with Crippen molar-refractivity contribution in [3.8, 4) is 5.75 Å². The van der Waals surface area contributed by atoms with Crippen LogP contribution in [0.3, 0.4) is 0 Å². The van der Waals surface area contributed by atoms with Crippen LogP contribution in [0, 0.1) is 15.2 Å². The van der Waals surface area contributed by atoms with Gasteiger partial charge >= 0.3 is 6.09 Å². The van der Waals surface area contributed by atoms with E-state index in [0.717, 1.165) is 13.5 Å². The molecule has 0 bridgehead atoms. The largest absolute Gasteiger partial charge is 0.491 e. The van der Waals surface area contributed by atoms with Gasteiger partial charge in [0.05, 0.1) is 17.3 Å². The molecular formula is C17H23F2IN2O4. The van der Waals surface area contributed by atoms with Crippen molar-refractivity contribution in [1.82, 2.24) is 10.6 Å². The van der Waals surface area contributed by atoms with Crippen LogP contribution in [-0.2, 0) is 16.0 Å². The van der Waals surface area contributed by atoms with Crippen molar-refractivity contribution in [2.24, 2.45) is 0 Å². The summed E-state index contributed by atoms with van der Waals surface area (Å²) in [6.07, 6.45) is 0.535. The molecule has 0 saturated heterocycles. The Bertz CT molecular complexity index is 673. The van der Waals surface area contributed by atoms with E-state index in [4.69, 9.17) is 9.47 Å². The number of likely N-dealkylation sites (N-methyl/N-ethyl adjacent to an activating group) is 1. The molecule has 26 heavy (non-hydrogen) atoms. The third-order valence-electron chi connectivity index (χ3n) is 3.78. The summed E-state index contributed by atoms with van der Waals surface area (Å²) in [5, 5.41) is 4.91. The number of hydrogen-bond acceptors (Lipinski definition) is 4. The molecule has 0 spiro atoms. The summed E-state index contributed by atoms with van der Waals surface area (Å²) in [5.74, 6) is -2.80. The fourth-order valence-corrected chi connectivity index (χ4v) is 2.97. The van der Waals surface area contributed by atoms with Crippen LogP contribution >= 0.6 is 22.6 Å². The van der Waals surface area contributed by atoms with Gasteiger partial charge < -0.3 is 20.1 Å². The summed E-state index contributed by atoms with van der Waals surface area (Å²) in [6, 6.07) is 1.28. The Morgan fingerprint density at radius 2 is 1.96 bits per heavy atom. The van der Waals surface area contributed by atoms with Crippen LogP contribution in [0.4, 0.5) is 13.6 Å². The first-order valence-electron chi connectivity index (χ1n) is 8.07. The highest BCUT2D eigenvalue weighted by Gasteiger charge is 2.37. The van der Waals surface area contributed by atoms with E-state index in [2.05, 4.69) is 10.6 Å². The van der Waals surface area contributed by atoms with Crippen LogP contribution in [0.5, 0.6) is 5.75 Å². The Kier molecular flexibility index (Phi) is 8.51. The van der Waals surface area contributed by atoms with Crippen LogP contribution in [0.25, 0.3) is 0 Å². The van der Waals surface area contributed by atoms with Crippen LogP contribution in [0.1, 0.15) is 32.3 Å². The van der Waals surface area contributed by atoms with E-state index in [1.807, 2.05) is 6.92 Å². The predicted molar refractivity (Wildman–Crippen MR) is 101 cm³/mol. The molecule has 0 aliphatic carbocycles. The van der Waals surface area contributed by atoms with Gasteiger partial charge in [-0.2, -0.15) is 0 Å². The molecule has 9 heteroatoms. The zero-order valence-corrected chi connectivity index (χ0v) is 17.3. The normalized spacial score (nSPS) is 12.9. The first-order chi connectivity index (χ1) is 12.2. The highest BCUT2D eigenvalue weighted by atomic mass is 127. The van der Waals surface area contributed by atoms with Gasteiger partial charge in [0.2, 0.25) is 5.91 Å². The second kappa shape index (κ2) is 9.89. The van der Waals surface area contributed by atoms with Crippen molar-refractivity contribution in [2.75, 3.05) is 20.8 Å². The maximum Gasteiger partial charge on any atom is 0.407 e. The predicted octanol–water partition coefficient (Wildman–Crippen LogP) is 3.15. The van der Waals surface area contributed by atoms with E-state index in [1.165, 1.54) is 20.0 Å². The maximum atomic E-state index is 14.6. The molecule has 6 nitrogen and oxygen atoms in total. The van der Waals surface area contributed by atoms with Gasteiger partial charge in [-0.25, -0.2) is 13.6 Å². The van der Waals surface area contributed by atoms with E-state index in [-0.39, 0.29) is 22.2 Å². The summed E-state index contributed by atoms with van der Waals surface area (Å²) < 4.78 is 38.4. The van der Waals surface area contributed by atoms with Gasteiger partial charge in [0.25, 0.3) is 0 Å². The monoisotopic (exact) mass is 484 g/mol. The maximum absolute atomic E-state index is 14.6. The van der Waals surface area contributed by atoms with Gasteiger partial charge in [0, 0.05) is 13.5 Å². The molecule has 1 rings (SSSR count). The van der Waals surface area contributed by atoms with Gasteiger partial charge in [0.15, 0.2) is 17.4 Å². The average Bonchev–Trinajstić information content (AvgIpc) is 2.59. The Labute approximate surface area is 165 Å². The number of amides is 2. The summed E-state index contributed by atoms with van der Waals surface area (Å²) in [4.78, 5) is 24.3. The Morgan fingerprint density at radius 1 is 1.31 bits per heavy atom. The second-order valence-electron chi connectivity index (χ2n) is 5.88. The molecule has 0 aliphatic heterocycles. The van der Waals surface area contributed by atoms with Gasteiger partial charge in [-0.3, -0.25) is 4.79 Å². The van der Waals surface area contributed by atoms with E-state index in [9.17, 15) is 18.4 Å². The first-order valence-corrected chi connectivity index (χ1v) is 9.15. The first kappa shape index (κ1) is 22.4. The Hall–Kier alpha value is -1.65. The second-order valence-corrected chi connectivity index (χ2v) is 7.04. The van der Waals surface area contributed by atoms with Crippen LogP contribution in [0.2, 0.25) is 0 Å². The standard InChI is InChI=1S/C17H23F2IN2O4/c1-5-6-7-26-16(24)22-17(2,15(23)21-3)9-10-8-11(20)13(19)14(25-4)12(10)18/h8H,5-7,9H2,1-4H3,(H,21,23)(H,22,24). The number of alkyl carbamates (subject to hydrolysis) is 1. The molecule has 2 N–H and O–H groups in total. The number of carbonyl (C=O) groups excluding carboxylic acids is 2. The SMILES string of the molecule is CCCCOC(=O)NC(C)(Cc1cc(I)c(F)c(OC)c1F)C(=O)NC. The molecule has 0 saturated carbocycles.